The number of anilines is 1. The van der Waals surface area contributed by atoms with Crippen LogP contribution in [0.2, 0.25) is 10.0 Å². The molecule has 0 radical (unpaired) electrons. The van der Waals surface area contributed by atoms with E-state index < -0.39 is 11.9 Å². The van der Waals surface area contributed by atoms with Gasteiger partial charge in [-0.25, -0.2) is 9.78 Å². The van der Waals surface area contributed by atoms with Gasteiger partial charge in [-0.3, -0.25) is 9.59 Å². The summed E-state index contributed by atoms with van der Waals surface area (Å²) in [5.74, 6) is -1.40. The number of hydrogen-bond acceptors (Lipinski definition) is 7. The summed E-state index contributed by atoms with van der Waals surface area (Å²) >= 11 is 13.2. The number of aryl methyl sites for hydroxylation is 1. The molecular formula is C19H21Cl2N5O5S. The normalized spacial score (nSPS) is 21.4. The summed E-state index contributed by atoms with van der Waals surface area (Å²) in [6.07, 6.45) is -0.170. The number of nitrogens with zero attached hydrogens (tertiary/aromatic N) is 2. The predicted octanol–water partition coefficient (Wildman–Crippen LogP) is 1.30. The first-order valence-electron chi connectivity index (χ1n) is 9.91. The highest BCUT2D eigenvalue weighted by molar-refractivity contribution is 7.17. The van der Waals surface area contributed by atoms with Crippen molar-refractivity contribution < 1.29 is 24.6 Å². The Morgan fingerprint density at radius 3 is 2.50 bits per heavy atom. The number of aromatic amines is 1. The van der Waals surface area contributed by atoms with Gasteiger partial charge >= 0.3 is 5.97 Å². The lowest BCUT2D eigenvalue weighted by Crippen LogP contribution is -2.35. The van der Waals surface area contributed by atoms with Crippen LogP contribution in [0.15, 0.2) is 0 Å². The molecular weight excluding hydrogens is 481 g/mol. The fourth-order valence-corrected chi connectivity index (χ4v) is 5.38. The summed E-state index contributed by atoms with van der Waals surface area (Å²) in [6, 6.07) is -0.000153. The molecule has 1 unspecified atom stereocenters. The molecule has 32 heavy (non-hydrogen) atoms. The number of carboxylic acids is 1. The number of fused-ring (bicyclic) bond motifs is 1. The number of piperidine rings is 1. The maximum absolute atomic E-state index is 12.5. The topological polar surface area (TPSA) is 148 Å². The van der Waals surface area contributed by atoms with Crippen molar-refractivity contribution in [1.29, 1.82) is 0 Å². The van der Waals surface area contributed by atoms with Crippen molar-refractivity contribution in [1.82, 2.24) is 20.6 Å². The van der Waals surface area contributed by atoms with Crippen LogP contribution in [0.1, 0.15) is 31.5 Å². The number of hydrogen-bond donors (Lipinski definition) is 5. The molecule has 2 aromatic rings. The number of aliphatic hydroxyl groups is 1. The zero-order valence-corrected chi connectivity index (χ0v) is 19.3. The quantitative estimate of drug-likeness (QED) is 0.366. The molecule has 5 N–H and O–H groups in total. The second-order valence-electron chi connectivity index (χ2n) is 7.81. The molecule has 1 saturated carbocycles. The van der Waals surface area contributed by atoms with Gasteiger partial charge in [0.05, 0.1) is 28.8 Å². The molecule has 0 bridgehead atoms. The average molecular weight is 502 g/mol. The zero-order valence-electron chi connectivity index (χ0n) is 16.9. The van der Waals surface area contributed by atoms with E-state index in [1.54, 1.807) is 6.92 Å². The Kier molecular flexibility index (Phi) is 6.35. The Morgan fingerprint density at radius 2 is 1.94 bits per heavy atom. The molecule has 2 fully saturated rings. The van der Waals surface area contributed by atoms with E-state index in [2.05, 4.69) is 20.6 Å². The summed E-state index contributed by atoms with van der Waals surface area (Å²) in [6.45, 7) is 2.88. The Hall–Kier alpha value is -2.34. The molecule has 10 nitrogen and oxygen atoms in total. The molecule has 2 aliphatic rings. The summed E-state index contributed by atoms with van der Waals surface area (Å²) < 4.78 is 0. The SMILES string of the molecule is Cc1[nH]c(C(=O)NC2[C@H]3CN(c4nc(CC(=O)NCCO)c(C(=O)O)s4)C[C@@H]23)c(Cl)c1Cl. The Bertz CT molecular complexity index is 1070. The number of carbonyl (C=O) groups is 3. The van der Waals surface area contributed by atoms with Gasteiger partial charge in [0.15, 0.2) is 5.13 Å². The van der Waals surface area contributed by atoms with E-state index >= 15 is 0 Å². The van der Waals surface area contributed by atoms with Crippen LogP contribution < -0.4 is 15.5 Å². The minimum absolute atomic E-state index is 0.000153. The van der Waals surface area contributed by atoms with Crippen LogP contribution in [0.5, 0.6) is 0 Å². The Morgan fingerprint density at radius 1 is 1.25 bits per heavy atom. The number of halogens is 2. The summed E-state index contributed by atoms with van der Waals surface area (Å²) in [4.78, 5) is 45.3. The molecule has 1 saturated heterocycles. The number of thiazole rings is 1. The predicted molar refractivity (Wildman–Crippen MR) is 119 cm³/mol. The molecule has 172 valence electrons. The van der Waals surface area contributed by atoms with Crippen molar-refractivity contribution in [3.8, 4) is 0 Å². The van der Waals surface area contributed by atoms with E-state index in [1.807, 2.05) is 4.90 Å². The van der Waals surface area contributed by atoms with Crippen molar-refractivity contribution in [3.05, 3.63) is 32.0 Å². The van der Waals surface area contributed by atoms with Crippen LogP contribution in [0, 0.1) is 18.8 Å². The first-order chi connectivity index (χ1) is 15.2. The van der Waals surface area contributed by atoms with E-state index in [1.165, 1.54) is 0 Å². The van der Waals surface area contributed by atoms with Gasteiger partial charge in [0.25, 0.3) is 5.91 Å². The minimum Gasteiger partial charge on any atom is -0.477 e. The lowest BCUT2D eigenvalue weighted by molar-refractivity contribution is -0.120. The van der Waals surface area contributed by atoms with Gasteiger partial charge in [-0.05, 0) is 6.92 Å². The zero-order chi connectivity index (χ0) is 23.2. The number of nitrogens with one attached hydrogen (secondary N) is 3. The first kappa shape index (κ1) is 22.8. The van der Waals surface area contributed by atoms with E-state index in [4.69, 9.17) is 28.3 Å². The first-order valence-corrected chi connectivity index (χ1v) is 11.5. The monoisotopic (exact) mass is 501 g/mol. The van der Waals surface area contributed by atoms with Crippen LogP contribution in [0.4, 0.5) is 5.13 Å². The summed E-state index contributed by atoms with van der Waals surface area (Å²) in [7, 11) is 0. The Balaban J connectivity index is 1.37. The number of aromatic carboxylic acids is 1. The van der Waals surface area contributed by atoms with Crippen molar-refractivity contribution in [2.75, 3.05) is 31.1 Å². The third kappa shape index (κ3) is 4.29. The van der Waals surface area contributed by atoms with E-state index in [-0.39, 0.29) is 64.6 Å². The molecule has 0 spiro atoms. The van der Waals surface area contributed by atoms with E-state index in [9.17, 15) is 19.5 Å². The number of amides is 2. The van der Waals surface area contributed by atoms with Gasteiger partial charge in [0, 0.05) is 43.2 Å². The van der Waals surface area contributed by atoms with Crippen molar-refractivity contribution >= 4 is 57.5 Å². The van der Waals surface area contributed by atoms with Gasteiger partial charge in [-0.2, -0.15) is 0 Å². The van der Waals surface area contributed by atoms with E-state index in [0.717, 1.165) is 11.3 Å². The van der Waals surface area contributed by atoms with Gasteiger partial charge in [0.2, 0.25) is 5.91 Å². The largest absolute Gasteiger partial charge is 0.477 e. The standard InChI is InChI=1S/C19H21Cl2N5O5S/c1-7-12(20)13(21)15(23-7)17(29)25-14-8-5-26(6-9(8)14)19-24-10(16(32-19)18(30)31)4-11(28)22-2-3-27/h8-9,14,23,27H,2-6H2,1H3,(H,22,28)(H,25,29)(H,30,31)/t8-,9+,14?. The maximum atomic E-state index is 12.5. The number of carboxylic acid groups (broad SMARTS) is 1. The number of aromatic nitrogens is 2. The molecule has 13 heteroatoms. The smallest absolute Gasteiger partial charge is 0.347 e. The van der Waals surface area contributed by atoms with Crippen molar-refractivity contribution in [2.45, 2.75) is 19.4 Å². The number of rotatable bonds is 8. The lowest BCUT2D eigenvalue weighted by Gasteiger charge is -2.19. The summed E-state index contributed by atoms with van der Waals surface area (Å²) in [5, 5.41) is 24.8. The summed E-state index contributed by atoms with van der Waals surface area (Å²) in [5.41, 5.74) is 1.07. The second kappa shape index (κ2) is 8.89. The molecule has 2 amide bonds. The number of H-pyrrole nitrogens is 1. The fraction of sp³-hybridized carbons (Fsp3) is 0.474. The molecule has 1 aliphatic carbocycles. The van der Waals surface area contributed by atoms with Gasteiger partial charge < -0.3 is 30.7 Å². The van der Waals surface area contributed by atoms with Gasteiger partial charge in [0.1, 0.15) is 10.6 Å². The van der Waals surface area contributed by atoms with Crippen LogP contribution >= 0.6 is 34.5 Å². The molecule has 3 atom stereocenters. The molecule has 2 aromatic heterocycles. The third-order valence-corrected chi connectivity index (χ3v) is 7.78. The highest BCUT2D eigenvalue weighted by Gasteiger charge is 2.57. The van der Waals surface area contributed by atoms with Crippen LogP contribution in [0.25, 0.3) is 0 Å². The fourth-order valence-electron chi connectivity index (χ4n) is 4.02. The second-order valence-corrected chi connectivity index (χ2v) is 9.55. The highest BCUT2D eigenvalue weighted by atomic mass is 35.5. The molecule has 4 rings (SSSR count). The lowest BCUT2D eigenvalue weighted by atomic mass is 10.2. The number of aliphatic hydroxyl groups excluding tert-OH is 1. The van der Waals surface area contributed by atoms with Crippen molar-refractivity contribution in [2.24, 2.45) is 11.8 Å². The van der Waals surface area contributed by atoms with Crippen LogP contribution in [0.3, 0.4) is 0 Å². The van der Waals surface area contributed by atoms with Crippen LogP contribution in [-0.2, 0) is 11.2 Å². The van der Waals surface area contributed by atoms with Gasteiger partial charge in [-0.15, -0.1) is 0 Å². The third-order valence-electron chi connectivity index (χ3n) is 5.69. The molecule has 0 aromatic carbocycles. The minimum atomic E-state index is -1.13. The number of carbonyl (C=O) groups excluding carboxylic acids is 2. The average Bonchev–Trinajstić information content (AvgIpc) is 3.13. The molecule has 1 aliphatic heterocycles. The maximum Gasteiger partial charge on any atom is 0.347 e. The van der Waals surface area contributed by atoms with Crippen LogP contribution in [-0.4, -0.2) is 70.2 Å². The van der Waals surface area contributed by atoms with Crippen molar-refractivity contribution in [3.63, 3.8) is 0 Å². The van der Waals surface area contributed by atoms with Gasteiger partial charge in [-0.1, -0.05) is 34.5 Å². The highest BCUT2D eigenvalue weighted by Crippen LogP contribution is 2.48. The molecule has 3 heterocycles. The van der Waals surface area contributed by atoms with E-state index in [0.29, 0.717) is 28.9 Å². The Labute approximate surface area is 196 Å².